The summed E-state index contributed by atoms with van der Waals surface area (Å²) in [5.41, 5.74) is 0.301. The van der Waals surface area contributed by atoms with Crippen molar-refractivity contribution in [3.63, 3.8) is 0 Å². The second-order valence-electron chi connectivity index (χ2n) is 4.59. The molecule has 21 heavy (non-hydrogen) atoms. The van der Waals surface area contributed by atoms with Gasteiger partial charge in [-0.15, -0.1) is 25.6 Å². The Kier molecular flexibility index (Phi) is 6.29. The van der Waals surface area contributed by atoms with Gasteiger partial charge in [0.05, 0.1) is 0 Å². The van der Waals surface area contributed by atoms with Crippen LogP contribution in [0.5, 0.6) is 5.75 Å². The first-order valence-electron chi connectivity index (χ1n) is 6.31. The third kappa shape index (κ3) is 5.81. The molecule has 1 saturated heterocycles. The lowest BCUT2D eigenvalue weighted by Gasteiger charge is -2.21. The number of rotatable bonds is 3. The first kappa shape index (κ1) is 17.6. The highest BCUT2D eigenvalue weighted by Crippen LogP contribution is 2.25. The Bertz CT molecular complexity index is 477. The third-order valence-corrected chi connectivity index (χ3v) is 3.05. The standard InChI is InChI=1S/C13H15F3N2O2.ClH/c14-13(15,16)20-11-3-1-2-10(8-11)18-12(19)9-4-6-17-7-5-9;/h1-3,8-9,17H,4-7H2,(H,18,19);1H. The van der Waals surface area contributed by atoms with E-state index in [-0.39, 0.29) is 30.0 Å². The number of carbonyl (C=O) groups excluding carboxylic acids is 1. The van der Waals surface area contributed by atoms with Crippen molar-refractivity contribution in [2.45, 2.75) is 19.2 Å². The van der Waals surface area contributed by atoms with Crippen molar-refractivity contribution in [1.82, 2.24) is 5.32 Å². The van der Waals surface area contributed by atoms with Gasteiger partial charge in [0.2, 0.25) is 5.91 Å². The fourth-order valence-corrected chi connectivity index (χ4v) is 2.10. The number of amides is 1. The highest BCUT2D eigenvalue weighted by molar-refractivity contribution is 5.92. The molecule has 0 bridgehead atoms. The van der Waals surface area contributed by atoms with Crippen LogP contribution in [0.1, 0.15) is 12.8 Å². The van der Waals surface area contributed by atoms with E-state index in [1.165, 1.54) is 18.2 Å². The van der Waals surface area contributed by atoms with E-state index in [2.05, 4.69) is 15.4 Å². The largest absolute Gasteiger partial charge is 0.573 e. The minimum atomic E-state index is -4.74. The van der Waals surface area contributed by atoms with E-state index >= 15 is 0 Å². The molecule has 1 fully saturated rings. The van der Waals surface area contributed by atoms with Gasteiger partial charge in [-0.05, 0) is 38.1 Å². The van der Waals surface area contributed by atoms with E-state index in [4.69, 9.17) is 0 Å². The number of nitrogens with one attached hydrogen (secondary N) is 2. The lowest BCUT2D eigenvalue weighted by Crippen LogP contribution is -2.34. The lowest BCUT2D eigenvalue weighted by molar-refractivity contribution is -0.274. The van der Waals surface area contributed by atoms with Gasteiger partial charge in [-0.2, -0.15) is 0 Å². The average molecular weight is 325 g/mol. The van der Waals surface area contributed by atoms with Gasteiger partial charge in [-0.1, -0.05) is 6.07 Å². The molecule has 1 aromatic rings. The molecular formula is C13H16ClF3N2O2. The van der Waals surface area contributed by atoms with Crippen molar-refractivity contribution in [2.75, 3.05) is 18.4 Å². The summed E-state index contributed by atoms with van der Waals surface area (Å²) < 4.78 is 40.1. The van der Waals surface area contributed by atoms with Gasteiger partial charge in [-0.25, -0.2) is 0 Å². The molecule has 1 aliphatic rings. The number of alkyl halides is 3. The van der Waals surface area contributed by atoms with Crippen LogP contribution in [0.2, 0.25) is 0 Å². The second kappa shape index (κ2) is 7.51. The number of hydrogen-bond donors (Lipinski definition) is 2. The molecule has 0 spiro atoms. The van der Waals surface area contributed by atoms with Crippen LogP contribution in [-0.2, 0) is 4.79 Å². The molecule has 0 aromatic heterocycles. The molecule has 1 aromatic carbocycles. The Morgan fingerprint density at radius 3 is 2.57 bits per heavy atom. The van der Waals surface area contributed by atoms with Gasteiger partial charge in [0.1, 0.15) is 5.75 Å². The van der Waals surface area contributed by atoms with Gasteiger partial charge in [0, 0.05) is 17.7 Å². The van der Waals surface area contributed by atoms with Crippen molar-refractivity contribution in [2.24, 2.45) is 5.92 Å². The van der Waals surface area contributed by atoms with Crippen molar-refractivity contribution in [1.29, 1.82) is 0 Å². The highest BCUT2D eigenvalue weighted by Gasteiger charge is 2.31. The quantitative estimate of drug-likeness (QED) is 0.899. The SMILES string of the molecule is Cl.O=C(Nc1cccc(OC(F)(F)F)c1)C1CCNCC1. The molecule has 0 saturated carbocycles. The fraction of sp³-hybridized carbons (Fsp3) is 0.462. The smallest absolute Gasteiger partial charge is 0.406 e. The Hall–Kier alpha value is -1.47. The van der Waals surface area contributed by atoms with E-state index in [9.17, 15) is 18.0 Å². The molecule has 0 radical (unpaired) electrons. The maximum atomic E-state index is 12.1. The summed E-state index contributed by atoms with van der Waals surface area (Å²) in [7, 11) is 0. The number of carbonyl (C=O) groups is 1. The van der Waals surface area contributed by atoms with E-state index in [1.807, 2.05) is 0 Å². The zero-order chi connectivity index (χ0) is 14.6. The van der Waals surface area contributed by atoms with Gasteiger partial charge in [0.25, 0.3) is 0 Å². The van der Waals surface area contributed by atoms with Crippen LogP contribution in [0, 0.1) is 5.92 Å². The molecule has 1 heterocycles. The van der Waals surface area contributed by atoms with Crippen molar-refractivity contribution >= 4 is 24.0 Å². The monoisotopic (exact) mass is 324 g/mol. The maximum absolute atomic E-state index is 12.1. The summed E-state index contributed by atoms with van der Waals surface area (Å²) in [5.74, 6) is -0.625. The first-order chi connectivity index (χ1) is 9.44. The minimum Gasteiger partial charge on any atom is -0.406 e. The zero-order valence-corrected chi connectivity index (χ0v) is 11.9. The summed E-state index contributed by atoms with van der Waals surface area (Å²) in [6.45, 7) is 1.55. The van der Waals surface area contributed by atoms with Crippen molar-refractivity contribution < 1.29 is 22.7 Å². The number of hydrogen-bond acceptors (Lipinski definition) is 3. The topological polar surface area (TPSA) is 50.4 Å². The molecule has 4 nitrogen and oxygen atoms in total. The summed E-state index contributed by atoms with van der Waals surface area (Å²) in [6.07, 6.45) is -3.28. The molecule has 1 amide bonds. The number of halogens is 4. The molecule has 0 aliphatic carbocycles. The molecule has 2 N–H and O–H groups in total. The molecule has 1 aliphatic heterocycles. The minimum absolute atomic E-state index is 0. The van der Waals surface area contributed by atoms with Crippen LogP contribution < -0.4 is 15.4 Å². The predicted molar refractivity (Wildman–Crippen MR) is 74.6 cm³/mol. The Morgan fingerprint density at radius 2 is 1.95 bits per heavy atom. The first-order valence-corrected chi connectivity index (χ1v) is 6.31. The van der Waals surface area contributed by atoms with Crippen LogP contribution in [-0.4, -0.2) is 25.4 Å². The van der Waals surface area contributed by atoms with Gasteiger partial charge in [-0.3, -0.25) is 4.79 Å². The zero-order valence-electron chi connectivity index (χ0n) is 11.1. The Morgan fingerprint density at radius 1 is 1.29 bits per heavy atom. The Balaban J connectivity index is 0.00000220. The summed E-state index contributed by atoms with van der Waals surface area (Å²) >= 11 is 0. The number of benzene rings is 1. The van der Waals surface area contributed by atoms with Gasteiger partial charge in [0.15, 0.2) is 0 Å². The van der Waals surface area contributed by atoms with Crippen LogP contribution in [0.15, 0.2) is 24.3 Å². The van der Waals surface area contributed by atoms with Crippen molar-refractivity contribution in [3.05, 3.63) is 24.3 Å². The van der Waals surface area contributed by atoms with Crippen molar-refractivity contribution in [3.8, 4) is 5.75 Å². The number of anilines is 1. The summed E-state index contributed by atoms with van der Waals surface area (Å²) in [6, 6.07) is 5.28. The second-order valence-corrected chi connectivity index (χ2v) is 4.59. The van der Waals surface area contributed by atoms with Crippen LogP contribution in [0.4, 0.5) is 18.9 Å². The fourth-order valence-electron chi connectivity index (χ4n) is 2.10. The normalized spacial score (nSPS) is 16.0. The molecule has 2 rings (SSSR count). The third-order valence-electron chi connectivity index (χ3n) is 3.05. The van der Waals surface area contributed by atoms with Crippen LogP contribution in [0.25, 0.3) is 0 Å². The molecule has 0 unspecified atom stereocenters. The average Bonchev–Trinajstić information content (AvgIpc) is 2.38. The lowest BCUT2D eigenvalue weighted by atomic mass is 9.97. The molecular weight excluding hydrogens is 309 g/mol. The van der Waals surface area contributed by atoms with E-state index in [1.54, 1.807) is 0 Å². The van der Waals surface area contributed by atoms with Crippen LogP contribution >= 0.6 is 12.4 Å². The molecule has 0 atom stereocenters. The Labute approximate surface area is 126 Å². The summed E-state index contributed by atoms with van der Waals surface area (Å²) in [4.78, 5) is 12.0. The number of piperidine rings is 1. The highest BCUT2D eigenvalue weighted by atomic mass is 35.5. The van der Waals surface area contributed by atoms with Crippen LogP contribution in [0.3, 0.4) is 0 Å². The van der Waals surface area contributed by atoms with Gasteiger partial charge < -0.3 is 15.4 Å². The van der Waals surface area contributed by atoms with E-state index in [0.717, 1.165) is 32.0 Å². The molecule has 8 heteroatoms. The molecule has 118 valence electrons. The maximum Gasteiger partial charge on any atom is 0.573 e. The van der Waals surface area contributed by atoms with E-state index in [0.29, 0.717) is 5.69 Å². The summed E-state index contributed by atoms with van der Waals surface area (Å²) in [5, 5.41) is 5.77. The predicted octanol–water partition coefficient (Wildman–Crippen LogP) is 2.95. The van der Waals surface area contributed by atoms with E-state index < -0.39 is 6.36 Å². The number of ether oxygens (including phenoxy) is 1. The van der Waals surface area contributed by atoms with Gasteiger partial charge >= 0.3 is 6.36 Å².